The number of rotatable bonds is 5. The summed E-state index contributed by atoms with van der Waals surface area (Å²) < 4.78 is 11.4. The summed E-state index contributed by atoms with van der Waals surface area (Å²) in [7, 11) is 1.99. The second kappa shape index (κ2) is 7.02. The summed E-state index contributed by atoms with van der Waals surface area (Å²) in [5.74, 6) is 3.08. The summed E-state index contributed by atoms with van der Waals surface area (Å²) in [4.78, 5) is 0. The Hall–Kier alpha value is -0.710. The molecule has 2 atom stereocenters. The zero-order chi connectivity index (χ0) is 12.8. The lowest BCUT2D eigenvalue weighted by molar-refractivity contribution is 0.0488. The van der Waals surface area contributed by atoms with Crippen molar-refractivity contribution in [2.45, 2.75) is 19.1 Å². The number of nitrogens with one attached hydrogen (secondary N) is 1. The molecule has 1 aromatic rings. The molecule has 1 N–H and O–H groups in total. The molecule has 2 unspecified atom stereocenters. The summed E-state index contributed by atoms with van der Waals surface area (Å²) in [6.07, 6.45) is 0.241. The Balaban J connectivity index is 2.12. The Morgan fingerprint density at radius 3 is 3.11 bits per heavy atom. The summed E-state index contributed by atoms with van der Waals surface area (Å²) in [5.41, 5.74) is 1.23. The van der Waals surface area contributed by atoms with Crippen molar-refractivity contribution in [3.63, 3.8) is 0 Å². The van der Waals surface area contributed by atoms with Crippen molar-refractivity contribution in [1.82, 2.24) is 5.32 Å². The molecule has 4 heteroatoms. The fourth-order valence-electron chi connectivity index (χ4n) is 2.23. The topological polar surface area (TPSA) is 30.5 Å². The number of ether oxygens (including phenoxy) is 2. The molecule has 0 aliphatic carbocycles. The number of likely N-dealkylation sites (N-methyl/N-ethyl adjacent to an activating group) is 1. The largest absolute Gasteiger partial charge is 0.494 e. The van der Waals surface area contributed by atoms with Crippen LogP contribution in [0.2, 0.25) is 0 Å². The summed E-state index contributed by atoms with van der Waals surface area (Å²) >= 11 is 1.96. The lowest BCUT2D eigenvalue weighted by atomic mass is 10.0. The second-order valence-electron chi connectivity index (χ2n) is 4.26. The van der Waals surface area contributed by atoms with E-state index >= 15 is 0 Å². The van der Waals surface area contributed by atoms with Gasteiger partial charge in [0.2, 0.25) is 0 Å². The van der Waals surface area contributed by atoms with E-state index in [1.807, 2.05) is 37.9 Å². The zero-order valence-corrected chi connectivity index (χ0v) is 11.8. The maximum Gasteiger partial charge on any atom is 0.119 e. The lowest BCUT2D eigenvalue weighted by Crippen LogP contribution is -2.36. The fraction of sp³-hybridized carbons (Fsp3) is 0.571. The lowest BCUT2D eigenvalue weighted by Gasteiger charge is -2.30. The van der Waals surface area contributed by atoms with Crippen LogP contribution >= 0.6 is 11.8 Å². The van der Waals surface area contributed by atoms with Crippen molar-refractivity contribution in [2.24, 2.45) is 0 Å². The molecule has 1 fully saturated rings. The maximum atomic E-state index is 5.86. The minimum Gasteiger partial charge on any atom is -0.494 e. The first-order chi connectivity index (χ1) is 8.85. The number of thioether (sulfide) groups is 1. The molecule has 0 amide bonds. The van der Waals surface area contributed by atoms with Gasteiger partial charge in [0.1, 0.15) is 5.75 Å². The van der Waals surface area contributed by atoms with E-state index in [2.05, 4.69) is 17.4 Å². The van der Waals surface area contributed by atoms with Gasteiger partial charge in [-0.25, -0.2) is 0 Å². The molecule has 0 bridgehead atoms. The minimum atomic E-state index is 0.234. The van der Waals surface area contributed by atoms with Gasteiger partial charge in [-0.05, 0) is 31.7 Å². The van der Waals surface area contributed by atoms with Crippen LogP contribution in [-0.2, 0) is 4.74 Å². The Morgan fingerprint density at radius 2 is 2.44 bits per heavy atom. The van der Waals surface area contributed by atoms with Gasteiger partial charge in [0.05, 0.1) is 25.4 Å². The molecule has 0 saturated carbocycles. The van der Waals surface area contributed by atoms with Crippen LogP contribution in [-0.4, -0.2) is 37.9 Å². The van der Waals surface area contributed by atoms with Gasteiger partial charge in [0, 0.05) is 11.5 Å². The Kier molecular flexibility index (Phi) is 5.35. The first kappa shape index (κ1) is 13.7. The van der Waals surface area contributed by atoms with Crippen molar-refractivity contribution in [3.8, 4) is 5.75 Å². The average molecular weight is 267 g/mol. The van der Waals surface area contributed by atoms with Gasteiger partial charge in [-0.1, -0.05) is 12.1 Å². The molecule has 0 aromatic heterocycles. The summed E-state index contributed by atoms with van der Waals surface area (Å²) in [6, 6.07) is 8.51. The fourth-order valence-corrected chi connectivity index (χ4v) is 3.13. The number of hydrogen-bond donors (Lipinski definition) is 1. The van der Waals surface area contributed by atoms with Crippen molar-refractivity contribution in [3.05, 3.63) is 29.8 Å². The van der Waals surface area contributed by atoms with Crippen LogP contribution < -0.4 is 10.1 Å². The molecule has 1 aromatic carbocycles. The van der Waals surface area contributed by atoms with Crippen LogP contribution in [0.5, 0.6) is 5.75 Å². The van der Waals surface area contributed by atoms with Crippen LogP contribution in [0.3, 0.4) is 0 Å². The highest BCUT2D eigenvalue weighted by atomic mass is 32.2. The third kappa shape index (κ3) is 3.40. The minimum absolute atomic E-state index is 0.234. The monoisotopic (exact) mass is 267 g/mol. The van der Waals surface area contributed by atoms with E-state index in [9.17, 15) is 0 Å². The standard InChI is InChI=1S/C14H21NO2S/c1-3-16-12-6-4-5-11(9-12)14(15-2)13-10-18-8-7-17-13/h4-6,9,13-15H,3,7-8,10H2,1-2H3. The van der Waals surface area contributed by atoms with Gasteiger partial charge in [0.15, 0.2) is 0 Å². The van der Waals surface area contributed by atoms with E-state index < -0.39 is 0 Å². The molecule has 3 nitrogen and oxygen atoms in total. The van der Waals surface area contributed by atoms with Crippen molar-refractivity contribution >= 4 is 11.8 Å². The van der Waals surface area contributed by atoms with Gasteiger partial charge < -0.3 is 14.8 Å². The molecular formula is C14H21NO2S. The normalized spacial score (nSPS) is 21.6. The van der Waals surface area contributed by atoms with Crippen molar-refractivity contribution in [2.75, 3.05) is 31.8 Å². The second-order valence-corrected chi connectivity index (χ2v) is 5.41. The van der Waals surface area contributed by atoms with E-state index in [1.165, 1.54) is 5.56 Å². The highest BCUT2D eigenvalue weighted by Gasteiger charge is 2.25. The molecule has 0 spiro atoms. The van der Waals surface area contributed by atoms with Gasteiger partial charge in [-0.15, -0.1) is 0 Å². The SMILES string of the molecule is CCOc1cccc(C(NC)C2CSCCO2)c1. The smallest absolute Gasteiger partial charge is 0.119 e. The van der Waals surface area contributed by atoms with Crippen molar-refractivity contribution < 1.29 is 9.47 Å². The van der Waals surface area contributed by atoms with Gasteiger partial charge >= 0.3 is 0 Å². The highest BCUT2D eigenvalue weighted by Crippen LogP contribution is 2.27. The van der Waals surface area contributed by atoms with Crippen LogP contribution in [0.1, 0.15) is 18.5 Å². The van der Waals surface area contributed by atoms with Crippen LogP contribution in [0.15, 0.2) is 24.3 Å². The van der Waals surface area contributed by atoms with Crippen LogP contribution in [0.4, 0.5) is 0 Å². The van der Waals surface area contributed by atoms with Gasteiger partial charge in [-0.3, -0.25) is 0 Å². The van der Waals surface area contributed by atoms with Gasteiger partial charge in [0.25, 0.3) is 0 Å². The Bertz CT molecular complexity index is 367. The third-order valence-electron chi connectivity index (χ3n) is 3.05. The van der Waals surface area contributed by atoms with E-state index in [0.717, 1.165) is 23.9 Å². The van der Waals surface area contributed by atoms with E-state index in [-0.39, 0.29) is 12.1 Å². The molecule has 2 rings (SSSR count). The van der Waals surface area contributed by atoms with E-state index in [1.54, 1.807) is 0 Å². The number of benzene rings is 1. The first-order valence-electron chi connectivity index (χ1n) is 6.44. The predicted octanol–water partition coefficient (Wildman–Crippen LogP) is 2.48. The first-order valence-corrected chi connectivity index (χ1v) is 7.60. The molecule has 1 heterocycles. The maximum absolute atomic E-state index is 5.86. The average Bonchev–Trinajstić information content (AvgIpc) is 2.42. The van der Waals surface area contributed by atoms with Crippen molar-refractivity contribution in [1.29, 1.82) is 0 Å². The predicted molar refractivity (Wildman–Crippen MR) is 76.5 cm³/mol. The summed E-state index contributed by atoms with van der Waals surface area (Å²) in [6.45, 7) is 3.55. The molecule has 100 valence electrons. The molecular weight excluding hydrogens is 246 g/mol. The molecule has 0 radical (unpaired) electrons. The number of hydrogen-bond acceptors (Lipinski definition) is 4. The molecule has 18 heavy (non-hydrogen) atoms. The molecule has 1 saturated heterocycles. The Morgan fingerprint density at radius 1 is 1.56 bits per heavy atom. The van der Waals surface area contributed by atoms with E-state index in [4.69, 9.17) is 9.47 Å². The Labute approximate surface area is 113 Å². The van der Waals surface area contributed by atoms with E-state index in [0.29, 0.717) is 6.61 Å². The van der Waals surface area contributed by atoms with Crippen LogP contribution in [0.25, 0.3) is 0 Å². The van der Waals surface area contributed by atoms with Crippen LogP contribution in [0, 0.1) is 0 Å². The molecule has 1 aliphatic heterocycles. The molecule has 1 aliphatic rings. The van der Waals surface area contributed by atoms with Gasteiger partial charge in [-0.2, -0.15) is 11.8 Å². The summed E-state index contributed by atoms with van der Waals surface area (Å²) in [5, 5.41) is 3.36. The third-order valence-corrected chi connectivity index (χ3v) is 4.07. The quantitative estimate of drug-likeness (QED) is 0.888. The zero-order valence-electron chi connectivity index (χ0n) is 11.0. The highest BCUT2D eigenvalue weighted by molar-refractivity contribution is 7.99.